The number of hydrogen-bond acceptors (Lipinski definition) is 4. The summed E-state index contributed by atoms with van der Waals surface area (Å²) in [7, 11) is 1.42. The van der Waals surface area contributed by atoms with Crippen molar-refractivity contribution in [1.82, 2.24) is 14.5 Å². The van der Waals surface area contributed by atoms with Gasteiger partial charge < -0.3 is 4.74 Å². The molecule has 0 bridgehead atoms. The smallest absolute Gasteiger partial charge is 0.308 e. The lowest BCUT2D eigenvalue weighted by atomic mass is 10.0. The summed E-state index contributed by atoms with van der Waals surface area (Å²) < 4.78 is 6.88. The fourth-order valence-corrected chi connectivity index (χ4v) is 3.75. The van der Waals surface area contributed by atoms with Crippen LogP contribution >= 0.6 is 11.6 Å². The first-order valence-corrected chi connectivity index (χ1v) is 9.95. The van der Waals surface area contributed by atoms with Gasteiger partial charge in [-0.2, -0.15) is 0 Å². The highest BCUT2D eigenvalue weighted by atomic mass is 35.5. The van der Waals surface area contributed by atoms with Crippen LogP contribution in [0.15, 0.2) is 24.3 Å². The lowest BCUT2D eigenvalue weighted by Gasteiger charge is -2.13. The molecular formula is C22H26ClN3O2. The Balaban J connectivity index is 1.97. The maximum atomic E-state index is 11.6. The van der Waals surface area contributed by atoms with Gasteiger partial charge >= 0.3 is 5.97 Å². The van der Waals surface area contributed by atoms with Crippen molar-refractivity contribution in [3.63, 3.8) is 0 Å². The summed E-state index contributed by atoms with van der Waals surface area (Å²) in [5.41, 5.74) is 5.84. The predicted octanol–water partition coefficient (Wildman–Crippen LogP) is 4.99. The normalized spacial score (nSPS) is 12.4. The standard InChI is InChI=1S/C22H26ClN3O2/c1-6-19-25-20-14(3)11-15(4)24-21(20)26(19)17-10-9-16(18(23)12-17)8-7-13(2)22(27)28-5/h9-13H,6-8H2,1-5H3. The zero-order chi connectivity index (χ0) is 20.4. The molecular weight excluding hydrogens is 374 g/mol. The van der Waals surface area contributed by atoms with E-state index < -0.39 is 0 Å². The van der Waals surface area contributed by atoms with Crippen molar-refractivity contribution in [2.45, 2.75) is 47.0 Å². The number of hydrogen-bond donors (Lipinski definition) is 0. The SMILES string of the molecule is CCc1nc2c(C)cc(C)nc2n1-c1ccc(CCC(C)C(=O)OC)c(Cl)c1. The number of pyridine rings is 1. The minimum atomic E-state index is -0.193. The fraction of sp³-hybridized carbons (Fsp3) is 0.409. The number of carbonyl (C=O) groups is 1. The van der Waals surface area contributed by atoms with E-state index in [9.17, 15) is 4.79 Å². The summed E-state index contributed by atoms with van der Waals surface area (Å²) in [4.78, 5) is 21.1. The Morgan fingerprint density at radius 1 is 1.25 bits per heavy atom. The van der Waals surface area contributed by atoms with Gasteiger partial charge in [-0.15, -0.1) is 0 Å². The molecule has 0 amide bonds. The minimum absolute atomic E-state index is 0.153. The molecule has 3 aromatic rings. The first-order chi connectivity index (χ1) is 13.3. The second kappa shape index (κ2) is 8.31. The van der Waals surface area contributed by atoms with Crippen molar-refractivity contribution < 1.29 is 9.53 Å². The van der Waals surface area contributed by atoms with E-state index in [1.54, 1.807) is 0 Å². The van der Waals surface area contributed by atoms with E-state index in [4.69, 9.17) is 26.3 Å². The quantitative estimate of drug-likeness (QED) is 0.547. The van der Waals surface area contributed by atoms with E-state index in [0.29, 0.717) is 11.4 Å². The topological polar surface area (TPSA) is 57.0 Å². The number of carbonyl (C=O) groups excluding carboxylic acids is 1. The lowest BCUT2D eigenvalue weighted by Crippen LogP contribution is -2.13. The Morgan fingerprint density at radius 3 is 2.64 bits per heavy atom. The molecule has 0 aliphatic heterocycles. The second-order valence-corrected chi connectivity index (χ2v) is 7.62. The van der Waals surface area contributed by atoms with Crippen molar-refractivity contribution >= 4 is 28.7 Å². The third kappa shape index (κ3) is 3.90. The minimum Gasteiger partial charge on any atom is -0.469 e. The highest BCUT2D eigenvalue weighted by molar-refractivity contribution is 6.31. The van der Waals surface area contributed by atoms with Crippen LogP contribution in [-0.2, 0) is 22.4 Å². The number of methoxy groups -OCH3 is 1. The molecule has 5 nitrogen and oxygen atoms in total. The van der Waals surface area contributed by atoms with Crippen LogP contribution in [0.4, 0.5) is 0 Å². The molecule has 0 saturated carbocycles. The first kappa shape index (κ1) is 20.3. The molecule has 1 aromatic carbocycles. The summed E-state index contributed by atoms with van der Waals surface area (Å²) >= 11 is 6.58. The zero-order valence-corrected chi connectivity index (χ0v) is 17.8. The van der Waals surface area contributed by atoms with Crippen LogP contribution in [0.25, 0.3) is 16.9 Å². The van der Waals surface area contributed by atoms with Crippen molar-refractivity contribution in [2.24, 2.45) is 5.92 Å². The van der Waals surface area contributed by atoms with Crippen molar-refractivity contribution in [3.05, 3.63) is 51.9 Å². The maximum Gasteiger partial charge on any atom is 0.308 e. The van der Waals surface area contributed by atoms with Gasteiger partial charge in [-0.05, 0) is 56.0 Å². The number of halogens is 1. The van der Waals surface area contributed by atoms with E-state index in [0.717, 1.165) is 52.3 Å². The number of rotatable bonds is 6. The van der Waals surface area contributed by atoms with Crippen molar-refractivity contribution in [1.29, 1.82) is 0 Å². The van der Waals surface area contributed by atoms with Gasteiger partial charge in [-0.1, -0.05) is 31.5 Å². The Morgan fingerprint density at radius 2 is 2.00 bits per heavy atom. The first-order valence-electron chi connectivity index (χ1n) is 9.57. The van der Waals surface area contributed by atoms with Crippen LogP contribution in [-0.4, -0.2) is 27.6 Å². The average molecular weight is 400 g/mol. The largest absolute Gasteiger partial charge is 0.469 e. The van der Waals surface area contributed by atoms with E-state index in [2.05, 4.69) is 24.5 Å². The second-order valence-electron chi connectivity index (χ2n) is 7.21. The molecule has 1 atom stereocenters. The van der Waals surface area contributed by atoms with Crippen LogP contribution < -0.4 is 0 Å². The highest BCUT2D eigenvalue weighted by Gasteiger charge is 2.17. The number of ether oxygens (including phenoxy) is 1. The third-order valence-corrected chi connectivity index (χ3v) is 5.42. The molecule has 148 valence electrons. The lowest BCUT2D eigenvalue weighted by molar-refractivity contribution is -0.145. The molecule has 0 fully saturated rings. The van der Waals surface area contributed by atoms with Gasteiger partial charge in [0.1, 0.15) is 11.3 Å². The number of aromatic nitrogens is 3. The van der Waals surface area contributed by atoms with E-state index in [1.807, 2.05) is 32.0 Å². The average Bonchev–Trinajstić information content (AvgIpc) is 3.04. The summed E-state index contributed by atoms with van der Waals surface area (Å²) in [5, 5.41) is 0.683. The number of benzene rings is 1. The maximum absolute atomic E-state index is 11.6. The Hall–Kier alpha value is -2.40. The van der Waals surface area contributed by atoms with Gasteiger partial charge in [-0.3, -0.25) is 9.36 Å². The van der Waals surface area contributed by atoms with Gasteiger partial charge in [0.25, 0.3) is 0 Å². The number of fused-ring (bicyclic) bond motifs is 1. The molecule has 0 aliphatic rings. The summed E-state index contributed by atoms with van der Waals surface area (Å²) in [6.07, 6.45) is 2.21. The molecule has 0 N–H and O–H groups in total. The van der Waals surface area contributed by atoms with Crippen molar-refractivity contribution in [3.8, 4) is 5.69 Å². The van der Waals surface area contributed by atoms with Gasteiger partial charge in [0.05, 0.1) is 18.7 Å². The van der Waals surface area contributed by atoms with Crippen LogP contribution in [0.2, 0.25) is 5.02 Å². The van der Waals surface area contributed by atoms with Crippen LogP contribution in [0.1, 0.15) is 42.9 Å². The zero-order valence-electron chi connectivity index (χ0n) is 17.0. The van der Waals surface area contributed by atoms with E-state index in [1.165, 1.54) is 7.11 Å². The molecule has 0 aliphatic carbocycles. The third-order valence-electron chi connectivity index (χ3n) is 5.07. The predicted molar refractivity (Wildman–Crippen MR) is 112 cm³/mol. The van der Waals surface area contributed by atoms with Gasteiger partial charge in [0, 0.05) is 17.1 Å². The molecule has 0 spiro atoms. The molecule has 2 aromatic heterocycles. The van der Waals surface area contributed by atoms with E-state index >= 15 is 0 Å². The molecule has 0 saturated heterocycles. The van der Waals surface area contributed by atoms with Gasteiger partial charge in [-0.25, -0.2) is 9.97 Å². The Labute approximate surface area is 170 Å². The van der Waals surface area contributed by atoms with Gasteiger partial charge in [0.2, 0.25) is 0 Å². The summed E-state index contributed by atoms with van der Waals surface area (Å²) in [6, 6.07) is 8.08. The molecule has 3 rings (SSSR count). The highest BCUT2D eigenvalue weighted by Crippen LogP contribution is 2.28. The number of esters is 1. The molecule has 1 unspecified atom stereocenters. The fourth-order valence-electron chi connectivity index (χ4n) is 3.48. The van der Waals surface area contributed by atoms with Crippen molar-refractivity contribution in [2.75, 3.05) is 7.11 Å². The molecule has 2 heterocycles. The molecule has 6 heteroatoms. The van der Waals surface area contributed by atoms with Crippen LogP contribution in [0.3, 0.4) is 0 Å². The Kier molecular flexibility index (Phi) is 6.04. The summed E-state index contributed by atoms with van der Waals surface area (Å²) in [5.74, 6) is 0.613. The summed E-state index contributed by atoms with van der Waals surface area (Å²) in [6.45, 7) is 8.01. The van der Waals surface area contributed by atoms with Crippen LogP contribution in [0, 0.1) is 19.8 Å². The number of imidazole rings is 1. The Bertz CT molecular complexity index is 1030. The number of nitrogens with zero attached hydrogens (tertiary/aromatic N) is 3. The van der Waals surface area contributed by atoms with Crippen LogP contribution in [0.5, 0.6) is 0 Å². The number of aryl methyl sites for hydroxylation is 4. The molecule has 28 heavy (non-hydrogen) atoms. The van der Waals surface area contributed by atoms with Gasteiger partial charge in [0.15, 0.2) is 5.65 Å². The monoisotopic (exact) mass is 399 g/mol. The van der Waals surface area contributed by atoms with E-state index in [-0.39, 0.29) is 11.9 Å². The molecule has 0 radical (unpaired) electrons.